The Morgan fingerprint density at radius 3 is 2.43 bits per heavy atom. The van der Waals surface area contributed by atoms with Gasteiger partial charge in [0.15, 0.2) is 0 Å². The van der Waals surface area contributed by atoms with Crippen LogP contribution in [0.25, 0.3) is 0 Å². The van der Waals surface area contributed by atoms with E-state index in [0.29, 0.717) is 18.1 Å². The molecule has 0 atom stereocenters. The van der Waals surface area contributed by atoms with E-state index in [1.165, 1.54) is 6.33 Å². The van der Waals surface area contributed by atoms with Crippen molar-refractivity contribution in [2.24, 2.45) is 0 Å². The van der Waals surface area contributed by atoms with Gasteiger partial charge in [0.2, 0.25) is 5.88 Å². The third kappa shape index (κ3) is 3.48. The Bertz CT molecular complexity index is 688. The van der Waals surface area contributed by atoms with Crippen LogP contribution in [-0.4, -0.2) is 47.7 Å². The highest BCUT2D eigenvalue weighted by atomic mass is 16.5. The summed E-state index contributed by atoms with van der Waals surface area (Å²) in [5.74, 6) is 2.39. The van der Waals surface area contributed by atoms with Crippen molar-refractivity contribution >= 4 is 11.6 Å². The lowest BCUT2D eigenvalue weighted by Crippen LogP contribution is -2.47. The molecule has 1 fully saturated rings. The Morgan fingerprint density at radius 2 is 1.83 bits per heavy atom. The van der Waals surface area contributed by atoms with E-state index in [4.69, 9.17) is 10.00 Å². The number of ether oxygens (including phenoxy) is 1. The van der Waals surface area contributed by atoms with E-state index in [0.717, 1.165) is 37.8 Å². The third-order valence-corrected chi connectivity index (χ3v) is 3.72. The van der Waals surface area contributed by atoms with Crippen LogP contribution in [0.1, 0.15) is 12.5 Å². The van der Waals surface area contributed by atoms with E-state index in [1.807, 2.05) is 19.1 Å². The van der Waals surface area contributed by atoms with Crippen LogP contribution in [-0.2, 0) is 0 Å². The number of rotatable bonds is 4. The first-order valence-electron chi connectivity index (χ1n) is 7.61. The summed E-state index contributed by atoms with van der Waals surface area (Å²) in [5, 5.41) is 8.83. The monoisotopic (exact) mass is 310 g/mol. The van der Waals surface area contributed by atoms with E-state index in [9.17, 15) is 0 Å². The average Bonchev–Trinajstić information content (AvgIpc) is 2.62. The number of pyridine rings is 1. The average molecular weight is 310 g/mol. The normalized spacial score (nSPS) is 14.4. The molecule has 1 saturated heterocycles. The number of hydrogen-bond acceptors (Lipinski definition) is 7. The van der Waals surface area contributed by atoms with Crippen LogP contribution < -0.4 is 14.5 Å². The first-order chi connectivity index (χ1) is 11.3. The van der Waals surface area contributed by atoms with E-state index in [1.54, 1.807) is 12.3 Å². The maximum Gasteiger partial charge on any atom is 0.218 e. The van der Waals surface area contributed by atoms with Gasteiger partial charge >= 0.3 is 0 Å². The van der Waals surface area contributed by atoms with Crippen molar-refractivity contribution in [2.45, 2.75) is 6.92 Å². The number of aromatic nitrogens is 3. The molecule has 0 aliphatic carbocycles. The van der Waals surface area contributed by atoms with Gasteiger partial charge in [0.25, 0.3) is 0 Å². The van der Waals surface area contributed by atoms with Crippen LogP contribution in [0.15, 0.2) is 30.7 Å². The van der Waals surface area contributed by atoms with Crippen molar-refractivity contribution in [3.05, 3.63) is 36.3 Å². The number of piperazine rings is 1. The molecule has 0 radical (unpaired) electrons. The number of anilines is 2. The maximum atomic E-state index is 8.83. The maximum absolute atomic E-state index is 8.83. The smallest absolute Gasteiger partial charge is 0.218 e. The van der Waals surface area contributed by atoms with Gasteiger partial charge in [-0.3, -0.25) is 0 Å². The van der Waals surface area contributed by atoms with Crippen molar-refractivity contribution < 1.29 is 4.74 Å². The summed E-state index contributed by atoms with van der Waals surface area (Å²) >= 11 is 0. The molecule has 0 amide bonds. The predicted molar refractivity (Wildman–Crippen MR) is 86.6 cm³/mol. The van der Waals surface area contributed by atoms with E-state index in [2.05, 4.69) is 30.8 Å². The van der Waals surface area contributed by atoms with Crippen molar-refractivity contribution in [3.8, 4) is 11.9 Å². The molecule has 118 valence electrons. The van der Waals surface area contributed by atoms with Crippen molar-refractivity contribution in [3.63, 3.8) is 0 Å². The summed E-state index contributed by atoms with van der Waals surface area (Å²) < 4.78 is 5.43. The Hall–Kier alpha value is -2.88. The lowest BCUT2D eigenvalue weighted by atomic mass is 10.2. The zero-order chi connectivity index (χ0) is 16.1. The molecule has 0 aromatic carbocycles. The topological polar surface area (TPSA) is 78.2 Å². The van der Waals surface area contributed by atoms with Gasteiger partial charge < -0.3 is 14.5 Å². The minimum absolute atomic E-state index is 0.580. The van der Waals surface area contributed by atoms with Crippen molar-refractivity contribution in [2.75, 3.05) is 42.6 Å². The zero-order valence-electron chi connectivity index (χ0n) is 13.0. The van der Waals surface area contributed by atoms with Gasteiger partial charge in [0.1, 0.15) is 24.0 Å². The van der Waals surface area contributed by atoms with Crippen molar-refractivity contribution in [1.82, 2.24) is 15.0 Å². The standard InChI is InChI=1S/C16H18N6O/c1-2-23-16-9-15(19-12-20-16)22-7-5-21(6-8-22)14-4-3-13(10-17)11-18-14/h3-4,9,11-12H,2,5-8H2,1H3. The molecule has 0 bridgehead atoms. The Morgan fingerprint density at radius 1 is 1.09 bits per heavy atom. The summed E-state index contributed by atoms with van der Waals surface area (Å²) in [4.78, 5) is 17.2. The first kappa shape index (κ1) is 15.0. The molecule has 0 unspecified atom stereocenters. The lowest BCUT2D eigenvalue weighted by molar-refractivity contribution is 0.326. The molecule has 1 aliphatic rings. The van der Waals surface area contributed by atoms with Gasteiger partial charge in [-0.05, 0) is 19.1 Å². The van der Waals surface area contributed by atoms with Crippen LogP contribution in [0.2, 0.25) is 0 Å². The first-order valence-corrected chi connectivity index (χ1v) is 7.61. The molecular formula is C16H18N6O. The number of nitriles is 1. The van der Waals surface area contributed by atoms with E-state index >= 15 is 0 Å². The Kier molecular flexibility index (Phi) is 4.52. The van der Waals surface area contributed by atoms with Gasteiger partial charge in [-0.2, -0.15) is 5.26 Å². The molecule has 2 aromatic rings. The lowest BCUT2D eigenvalue weighted by Gasteiger charge is -2.36. The molecule has 23 heavy (non-hydrogen) atoms. The van der Waals surface area contributed by atoms with Crippen LogP contribution >= 0.6 is 0 Å². The van der Waals surface area contributed by atoms with Crippen LogP contribution in [0.3, 0.4) is 0 Å². The highest BCUT2D eigenvalue weighted by Gasteiger charge is 2.19. The molecule has 3 rings (SSSR count). The third-order valence-electron chi connectivity index (χ3n) is 3.72. The van der Waals surface area contributed by atoms with Gasteiger partial charge in [-0.25, -0.2) is 15.0 Å². The quantitative estimate of drug-likeness (QED) is 0.846. The van der Waals surface area contributed by atoms with Gasteiger partial charge in [0.05, 0.1) is 12.2 Å². The van der Waals surface area contributed by atoms with Gasteiger partial charge in [-0.1, -0.05) is 0 Å². The van der Waals surface area contributed by atoms with Crippen molar-refractivity contribution in [1.29, 1.82) is 5.26 Å². The second kappa shape index (κ2) is 6.92. The molecular weight excluding hydrogens is 292 g/mol. The summed E-state index contributed by atoms with van der Waals surface area (Å²) in [5.41, 5.74) is 0.580. The highest BCUT2D eigenvalue weighted by Crippen LogP contribution is 2.19. The molecule has 2 aromatic heterocycles. The predicted octanol–water partition coefficient (Wildman–Crippen LogP) is 1.47. The largest absolute Gasteiger partial charge is 0.478 e. The number of hydrogen-bond donors (Lipinski definition) is 0. The fourth-order valence-corrected chi connectivity index (χ4v) is 2.53. The fraction of sp³-hybridized carbons (Fsp3) is 0.375. The second-order valence-electron chi connectivity index (χ2n) is 5.14. The summed E-state index contributed by atoms with van der Waals surface area (Å²) in [6, 6.07) is 7.65. The number of nitrogens with zero attached hydrogens (tertiary/aromatic N) is 6. The molecule has 0 spiro atoms. The highest BCUT2D eigenvalue weighted by molar-refractivity contribution is 5.47. The van der Waals surface area contributed by atoms with Crippen LogP contribution in [0.5, 0.6) is 5.88 Å². The molecule has 7 heteroatoms. The molecule has 0 saturated carbocycles. The minimum Gasteiger partial charge on any atom is -0.478 e. The van der Waals surface area contributed by atoms with Crippen LogP contribution in [0.4, 0.5) is 11.6 Å². The minimum atomic E-state index is 0.580. The van der Waals surface area contributed by atoms with E-state index in [-0.39, 0.29) is 0 Å². The zero-order valence-corrected chi connectivity index (χ0v) is 13.0. The molecule has 7 nitrogen and oxygen atoms in total. The molecule has 0 N–H and O–H groups in total. The molecule has 3 heterocycles. The summed E-state index contributed by atoms with van der Waals surface area (Å²) in [6.45, 7) is 5.94. The second-order valence-corrected chi connectivity index (χ2v) is 5.14. The van der Waals surface area contributed by atoms with Gasteiger partial charge in [-0.15, -0.1) is 0 Å². The van der Waals surface area contributed by atoms with Crippen LogP contribution in [0, 0.1) is 11.3 Å². The van der Waals surface area contributed by atoms with Gasteiger partial charge in [0, 0.05) is 38.4 Å². The van der Waals surface area contributed by atoms with E-state index < -0.39 is 0 Å². The molecule has 1 aliphatic heterocycles. The SMILES string of the molecule is CCOc1cc(N2CCN(c3ccc(C#N)cn3)CC2)ncn1. The Labute approximate surface area is 135 Å². The fourth-order valence-electron chi connectivity index (χ4n) is 2.53. The Balaban J connectivity index is 1.63. The summed E-state index contributed by atoms with van der Waals surface area (Å²) in [7, 11) is 0. The summed E-state index contributed by atoms with van der Waals surface area (Å²) in [6.07, 6.45) is 3.15.